The fourth-order valence-electron chi connectivity index (χ4n) is 2.25. The molecule has 1 aliphatic carbocycles. The normalized spacial score (nSPS) is 11.9. The molecule has 2 heteroatoms. The van der Waals surface area contributed by atoms with Crippen LogP contribution >= 0.6 is 0 Å². The maximum Gasteiger partial charge on any atom is 0.194 e. The number of hydrogen-bond donors (Lipinski definition) is 0. The highest BCUT2D eigenvalue weighted by Gasteiger charge is 2.26. The Bertz CT molecular complexity index is 641. The van der Waals surface area contributed by atoms with Crippen LogP contribution in [0.4, 0.5) is 0 Å². The monoisotopic (exact) mass is 236 g/mol. The molecule has 0 saturated carbocycles. The van der Waals surface area contributed by atoms with Gasteiger partial charge in [0, 0.05) is 11.1 Å². The SMILES string of the molecule is C=CCOc1ccc2c(c1)C(=O)c1ccccc1-2. The Hall–Kier alpha value is -2.35. The molecule has 0 saturated heterocycles. The van der Waals surface area contributed by atoms with Crippen molar-refractivity contribution in [2.75, 3.05) is 6.61 Å². The summed E-state index contributed by atoms with van der Waals surface area (Å²) >= 11 is 0. The Kier molecular flexibility index (Phi) is 2.49. The third kappa shape index (κ3) is 1.54. The maximum atomic E-state index is 12.2. The molecule has 0 aliphatic heterocycles. The van der Waals surface area contributed by atoms with Gasteiger partial charge in [-0.3, -0.25) is 4.79 Å². The number of hydrogen-bond acceptors (Lipinski definition) is 2. The summed E-state index contributed by atoms with van der Waals surface area (Å²) in [7, 11) is 0. The van der Waals surface area contributed by atoms with Crippen molar-refractivity contribution >= 4 is 5.78 Å². The number of benzene rings is 2. The van der Waals surface area contributed by atoms with Crippen LogP contribution in [0.5, 0.6) is 5.75 Å². The van der Waals surface area contributed by atoms with Crippen LogP contribution in [-0.4, -0.2) is 12.4 Å². The van der Waals surface area contributed by atoms with Crippen LogP contribution in [-0.2, 0) is 0 Å². The molecule has 88 valence electrons. The largest absolute Gasteiger partial charge is 0.490 e. The van der Waals surface area contributed by atoms with Gasteiger partial charge in [0.05, 0.1) is 0 Å². The first kappa shape index (κ1) is 10.8. The van der Waals surface area contributed by atoms with Crippen molar-refractivity contribution in [1.29, 1.82) is 0 Å². The smallest absolute Gasteiger partial charge is 0.194 e. The molecule has 0 N–H and O–H groups in total. The molecule has 18 heavy (non-hydrogen) atoms. The van der Waals surface area contributed by atoms with Crippen LogP contribution in [0.2, 0.25) is 0 Å². The minimum Gasteiger partial charge on any atom is -0.490 e. The van der Waals surface area contributed by atoms with Gasteiger partial charge in [0.15, 0.2) is 5.78 Å². The molecule has 0 radical (unpaired) electrons. The van der Waals surface area contributed by atoms with Crippen molar-refractivity contribution in [3.8, 4) is 16.9 Å². The Labute approximate surface area is 106 Å². The van der Waals surface area contributed by atoms with E-state index < -0.39 is 0 Å². The molecule has 2 aromatic carbocycles. The van der Waals surface area contributed by atoms with Gasteiger partial charge in [0.1, 0.15) is 12.4 Å². The third-order valence-corrected chi connectivity index (χ3v) is 3.07. The molecule has 2 aromatic rings. The van der Waals surface area contributed by atoms with Gasteiger partial charge in [-0.25, -0.2) is 0 Å². The number of carbonyl (C=O) groups is 1. The van der Waals surface area contributed by atoms with E-state index in [0.29, 0.717) is 12.4 Å². The van der Waals surface area contributed by atoms with E-state index in [1.165, 1.54) is 0 Å². The fourth-order valence-corrected chi connectivity index (χ4v) is 2.25. The van der Waals surface area contributed by atoms with Gasteiger partial charge in [0.2, 0.25) is 0 Å². The molecule has 0 spiro atoms. The van der Waals surface area contributed by atoms with Crippen molar-refractivity contribution in [2.45, 2.75) is 0 Å². The second-order valence-corrected chi connectivity index (χ2v) is 4.18. The number of ether oxygens (including phenoxy) is 1. The van der Waals surface area contributed by atoms with Gasteiger partial charge < -0.3 is 4.74 Å². The molecule has 0 bridgehead atoms. The quantitative estimate of drug-likeness (QED) is 0.651. The van der Waals surface area contributed by atoms with E-state index in [1.807, 2.05) is 36.4 Å². The second-order valence-electron chi connectivity index (χ2n) is 4.18. The number of ketones is 1. The van der Waals surface area contributed by atoms with Crippen LogP contribution in [0.3, 0.4) is 0 Å². The second kappa shape index (κ2) is 4.15. The van der Waals surface area contributed by atoms with E-state index in [-0.39, 0.29) is 5.78 Å². The Morgan fingerprint density at radius 2 is 1.72 bits per heavy atom. The molecule has 0 atom stereocenters. The molecule has 0 amide bonds. The van der Waals surface area contributed by atoms with E-state index in [4.69, 9.17) is 4.74 Å². The van der Waals surface area contributed by atoms with Gasteiger partial charge in [0.25, 0.3) is 0 Å². The highest BCUT2D eigenvalue weighted by molar-refractivity contribution is 6.21. The maximum absolute atomic E-state index is 12.2. The van der Waals surface area contributed by atoms with Gasteiger partial charge in [-0.1, -0.05) is 36.9 Å². The van der Waals surface area contributed by atoms with Crippen molar-refractivity contribution in [3.05, 3.63) is 66.2 Å². The predicted molar refractivity (Wildman–Crippen MR) is 71.0 cm³/mol. The summed E-state index contributed by atoms with van der Waals surface area (Å²) in [5.41, 5.74) is 3.49. The molecule has 0 unspecified atom stereocenters. The van der Waals surface area contributed by atoms with Gasteiger partial charge in [-0.15, -0.1) is 0 Å². The Balaban J connectivity index is 2.08. The van der Waals surface area contributed by atoms with Crippen molar-refractivity contribution < 1.29 is 9.53 Å². The van der Waals surface area contributed by atoms with Crippen LogP contribution in [0.25, 0.3) is 11.1 Å². The van der Waals surface area contributed by atoms with E-state index in [1.54, 1.807) is 12.1 Å². The topological polar surface area (TPSA) is 26.3 Å². The third-order valence-electron chi connectivity index (χ3n) is 3.07. The average molecular weight is 236 g/mol. The summed E-state index contributed by atoms with van der Waals surface area (Å²) in [6.45, 7) is 4.05. The minimum absolute atomic E-state index is 0.0738. The van der Waals surface area contributed by atoms with E-state index in [2.05, 4.69) is 6.58 Å². The van der Waals surface area contributed by atoms with Crippen LogP contribution < -0.4 is 4.74 Å². The first-order chi connectivity index (χ1) is 8.81. The number of fused-ring (bicyclic) bond motifs is 3. The van der Waals surface area contributed by atoms with E-state index >= 15 is 0 Å². The lowest BCUT2D eigenvalue weighted by Crippen LogP contribution is -1.97. The molecule has 1 aliphatic rings. The molecule has 2 nitrogen and oxygen atoms in total. The first-order valence-electron chi connectivity index (χ1n) is 5.83. The van der Waals surface area contributed by atoms with Gasteiger partial charge >= 0.3 is 0 Å². The minimum atomic E-state index is 0.0738. The van der Waals surface area contributed by atoms with Crippen LogP contribution in [0, 0.1) is 0 Å². The molecule has 0 fully saturated rings. The van der Waals surface area contributed by atoms with Gasteiger partial charge in [-0.05, 0) is 29.3 Å². The highest BCUT2D eigenvalue weighted by atomic mass is 16.5. The summed E-state index contributed by atoms with van der Waals surface area (Å²) in [5.74, 6) is 0.777. The average Bonchev–Trinajstić information content (AvgIpc) is 2.71. The fraction of sp³-hybridized carbons (Fsp3) is 0.0625. The van der Waals surface area contributed by atoms with E-state index in [0.717, 1.165) is 22.3 Å². The summed E-state index contributed by atoms with van der Waals surface area (Å²) < 4.78 is 5.46. The zero-order valence-corrected chi connectivity index (χ0v) is 9.85. The molecule has 3 rings (SSSR count). The number of rotatable bonds is 3. The summed E-state index contributed by atoms with van der Waals surface area (Å²) in [5, 5.41) is 0. The van der Waals surface area contributed by atoms with Crippen molar-refractivity contribution in [2.24, 2.45) is 0 Å². The standard InChI is InChI=1S/C16H12O2/c1-2-9-18-11-7-8-13-12-5-3-4-6-14(12)16(17)15(13)10-11/h2-8,10H,1,9H2. The Morgan fingerprint density at radius 1 is 1.00 bits per heavy atom. The van der Waals surface area contributed by atoms with Gasteiger partial charge in [-0.2, -0.15) is 0 Å². The summed E-state index contributed by atoms with van der Waals surface area (Å²) in [6.07, 6.45) is 1.68. The zero-order chi connectivity index (χ0) is 12.5. The zero-order valence-electron chi connectivity index (χ0n) is 9.85. The predicted octanol–water partition coefficient (Wildman–Crippen LogP) is 3.46. The van der Waals surface area contributed by atoms with Crippen molar-refractivity contribution in [1.82, 2.24) is 0 Å². The van der Waals surface area contributed by atoms with E-state index in [9.17, 15) is 4.79 Å². The molecule has 0 heterocycles. The first-order valence-corrected chi connectivity index (χ1v) is 5.83. The summed E-state index contributed by atoms with van der Waals surface area (Å²) in [6, 6.07) is 13.3. The molecular weight excluding hydrogens is 224 g/mol. The molecular formula is C16H12O2. The van der Waals surface area contributed by atoms with Crippen molar-refractivity contribution in [3.63, 3.8) is 0 Å². The van der Waals surface area contributed by atoms with Crippen LogP contribution in [0.15, 0.2) is 55.1 Å². The number of carbonyl (C=O) groups excluding carboxylic acids is 1. The highest BCUT2D eigenvalue weighted by Crippen LogP contribution is 2.37. The lowest BCUT2D eigenvalue weighted by Gasteiger charge is -2.05. The van der Waals surface area contributed by atoms with Crippen LogP contribution in [0.1, 0.15) is 15.9 Å². The lowest BCUT2D eigenvalue weighted by atomic mass is 10.1. The summed E-state index contributed by atoms with van der Waals surface area (Å²) in [4.78, 5) is 12.2. The lowest BCUT2D eigenvalue weighted by molar-refractivity contribution is 0.104. The Morgan fingerprint density at radius 3 is 2.50 bits per heavy atom. The molecule has 0 aromatic heterocycles.